The third kappa shape index (κ3) is 3.33. The second kappa shape index (κ2) is 6.59. The maximum absolute atomic E-state index is 6.13. The van der Waals surface area contributed by atoms with Gasteiger partial charge in [0.25, 0.3) is 5.89 Å². The quantitative estimate of drug-likeness (QED) is 0.789. The van der Waals surface area contributed by atoms with Crippen LogP contribution in [0.2, 0.25) is 0 Å². The normalized spacial score (nSPS) is 26.6. The summed E-state index contributed by atoms with van der Waals surface area (Å²) in [5, 5.41) is 3.95. The lowest BCUT2D eigenvalue weighted by Crippen LogP contribution is -2.40. The molecule has 8 nitrogen and oxygen atoms in total. The van der Waals surface area contributed by atoms with Crippen LogP contribution in [0.25, 0.3) is 0 Å². The molecular weight excluding hydrogens is 264 g/mol. The van der Waals surface area contributed by atoms with E-state index in [1.165, 1.54) is 0 Å². The molecule has 0 spiro atoms. The molecule has 0 bridgehead atoms. The van der Waals surface area contributed by atoms with Crippen LogP contribution in [0.4, 0.5) is 0 Å². The summed E-state index contributed by atoms with van der Waals surface area (Å²) in [4.78, 5) is 6.57. The van der Waals surface area contributed by atoms with E-state index in [1.54, 1.807) is 0 Å². The van der Waals surface area contributed by atoms with E-state index >= 15 is 0 Å². The van der Waals surface area contributed by atoms with Crippen LogP contribution in [0.3, 0.4) is 0 Å². The number of nitrogens with two attached hydrogens (primary N) is 1. The Bertz CT molecular complexity index is 415. The van der Waals surface area contributed by atoms with Gasteiger partial charge in [-0.1, -0.05) is 5.16 Å². The standard InChI is InChI=1S/C12H20N4O4/c13-9(7-16-1-3-17-4-2-16)11-14-12(20-15-11)10-8-18-5-6-19-10/h9-10H,1-8,13H2. The molecular formula is C12H20N4O4. The van der Waals surface area contributed by atoms with E-state index in [0.29, 0.717) is 38.1 Å². The molecule has 1 aromatic heterocycles. The molecule has 112 valence electrons. The van der Waals surface area contributed by atoms with Gasteiger partial charge in [-0.25, -0.2) is 0 Å². The molecule has 1 aromatic rings. The largest absolute Gasteiger partial charge is 0.379 e. The molecule has 3 heterocycles. The van der Waals surface area contributed by atoms with Crippen LogP contribution in [-0.4, -0.2) is 67.7 Å². The topological polar surface area (TPSA) is 95.9 Å². The van der Waals surface area contributed by atoms with Crippen molar-refractivity contribution < 1.29 is 18.7 Å². The molecule has 2 aliphatic heterocycles. The minimum Gasteiger partial charge on any atom is -0.379 e. The fourth-order valence-electron chi connectivity index (χ4n) is 2.30. The number of rotatable bonds is 4. The number of nitrogens with zero attached hydrogens (tertiary/aromatic N) is 3. The van der Waals surface area contributed by atoms with Crippen LogP contribution in [0, 0.1) is 0 Å². The van der Waals surface area contributed by atoms with Gasteiger partial charge in [0.05, 0.1) is 39.1 Å². The number of hydrogen-bond donors (Lipinski definition) is 1. The highest BCUT2D eigenvalue weighted by Crippen LogP contribution is 2.20. The Kier molecular flexibility index (Phi) is 4.58. The Hall–Kier alpha value is -1.06. The van der Waals surface area contributed by atoms with Crippen molar-refractivity contribution in [2.45, 2.75) is 12.1 Å². The van der Waals surface area contributed by atoms with E-state index in [4.69, 9.17) is 24.5 Å². The van der Waals surface area contributed by atoms with Gasteiger partial charge in [-0.15, -0.1) is 0 Å². The molecule has 2 atom stereocenters. The number of aromatic nitrogens is 2. The third-order valence-electron chi connectivity index (χ3n) is 3.44. The van der Waals surface area contributed by atoms with Crippen molar-refractivity contribution in [3.63, 3.8) is 0 Å². The zero-order valence-electron chi connectivity index (χ0n) is 11.4. The molecule has 0 amide bonds. The fourth-order valence-corrected chi connectivity index (χ4v) is 2.30. The predicted molar refractivity (Wildman–Crippen MR) is 68.0 cm³/mol. The van der Waals surface area contributed by atoms with Crippen LogP contribution < -0.4 is 5.73 Å². The van der Waals surface area contributed by atoms with Crippen molar-refractivity contribution >= 4 is 0 Å². The zero-order valence-corrected chi connectivity index (χ0v) is 11.4. The molecule has 2 N–H and O–H groups in total. The monoisotopic (exact) mass is 284 g/mol. The first-order chi connectivity index (χ1) is 9.83. The summed E-state index contributed by atoms with van der Waals surface area (Å²) < 4.78 is 21.4. The van der Waals surface area contributed by atoms with E-state index in [9.17, 15) is 0 Å². The second-order valence-electron chi connectivity index (χ2n) is 4.94. The summed E-state index contributed by atoms with van der Waals surface area (Å²) in [6.07, 6.45) is -0.277. The molecule has 20 heavy (non-hydrogen) atoms. The van der Waals surface area contributed by atoms with Crippen molar-refractivity contribution in [3.8, 4) is 0 Å². The van der Waals surface area contributed by atoms with Crippen LogP contribution in [0.1, 0.15) is 23.9 Å². The molecule has 2 aliphatic rings. The minimum atomic E-state index is -0.277. The maximum atomic E-state index is 6.13. The van der Waals surface area contributed by atoms with Crippen LogP contribution >= 0.6 is 0 Å². The number of morpholine rings is 1. The summed E-state index contributed by atoms with van der Waals surface area (Å²) in [6.45, 7) is 5.56. The van der Waals surface area contributed by atoms with Gasteiger partial charge in [-0.05, 0) is 0 Å². The highest BCUT2D eigenvalue weighted by atomic mass is 16.6. The van der Waals surface area contributed by atoms with Crippen molar-refractivity contribution in [2.24, 2.45) is 5.73 Å². The minimum absolute atomic E-state index is 0.268. The Morgan fingerprint density at radius 2 is 2.05 bits per heavy atom. The first-order valence-electron chi connectivity index (χ1n) is 6.91. The molecule has 3 rings (SSSR count). The summed E-state index contributed by atoms with van der Waals surface area (Å²) in [6, 6.07) is -0.268. The first-order valence-corrected chi connectivity index (χ1v) is 6.91. The smallest absolute Gasteiger partial charge is 0.258 e. The molecule has 0 aliphatic carbocycles. The molecule has 0 radical (unpaired) electrons. The first kappa shape index (κ1) is 13.9. The van der Waals surface area contributed by atoms with E-state index in [-0.39, 0.29) is 12.1 Å². The summed E-state index contributed by atoms with van der Waals surface area (Å²) in [7, 11) is 0. The zero-order chi connectivity index (χ0) is 13.8. The van der Waals surface area contributed by atoms with Gasteiger partial charge in [0.15, 0.2) is 11.9 Å². The van der Waals surface area contributed by atoms with Gasteiger partial charge in [0, 0.05) is 19.6 Å². The lowest BCUT2D eigenvalue weighted by molar-refractivity contribution is -0.101. The lowest BCUT2D eigenvalue weighted by atomic mass is 10.2. The van der Waals surface area contributed by atoms with Crippen molar-refractivity contribution in [2.75, 3.05) is 52.7 Å². The number of hydrogen-bond acceptors (Lipinski definition) is 8. The molecule has 2 unspecified atom stereocenters. The predicted octanol–water partition coefficient (Wildman–Crippen LogP) is -0.510. The van der Waals surface area contributed by atoms with E-state index < -0.39 is 0 Å². The highest BCUT2D eigenvalue weighted by molar-refractivity contribution is 4.97. The lowest BCUT2D eigenvalue weighted by Gasteiger charge is -2.27. The van der Waals surface area contributed by atoms with Gasteiger partial charge in [-0.2, -0.15) is 4.98 Å². The van der Waals surface area contributed by atoms with Crippen LogP contribution in [0.5, 0.6) is 0 Å². The van der Waals surface area contributed by atoms with Gasteiger partial charge < -0.3 is 24.5 Å². The van der Waals surface area contributed by atoms with E-state index in [0.717, 1.165) is 26.3 Å². The molecule has 0 aromatic carbocycles. The second-order valence-corrected chi connectivity index (χ2v) is 4.94. The van der Waals surface area contributed by atoms with Crippen molar-refractivity contribution in [1.82, 2.24) is 15.0 Å². The average molecular weight is 284 g/mol. The van der Waals surface area contributed by atoms with Crippen LogP contribution in [0.15, 0.2) is 4.52 Å². The van der Waals surface area contributed by atoms with Gasteiger partial charge in [0.2, 0.25) is 0 Å². The molecule has 0 saturated carbocycles. The summed E-state index contributed by atoms with van der Waals surface area (Å²) in [5.41, 5.74) is 6.13. The van der Waals surface area contributed by atoms with Crippen LogP contribution in [-0.2, 0) is 14.2 Å². The van der Waals surface area contributed by atoms with Gasteiger partial charge in [0.1, 0.15) is 0 Å². The Labute approximate surface area is 117 Å². The average Bonchev–Trinajstić information content (AvgIpc) is 2.99. The number of ether oxygens (including phenoxy) is 3. The Morgan fingerprint density at radius 3 is 2.80 bits per heavy atom. The fraction of sp³-hybridized carbons (Fsp3) is 0.833. The highest BCUT2D eigenvalue weighted by Gasteiger charge is 2.25. The summed E-state index contributed by atoms with van der Waals surface area (Å²) >= 11 is 0. The Balaban J connectivity index is 1.57. The van der Waals surface area contributed by atoms with Gasteiger partial charge in [-0.3, -0.25) is 4.90 Å². The van der Waals surface area contributed by atoms with Gasteiger partial charge >= 0.3 is 0 Å². The van der Waals surface area contributed by atoms with E-state index in [2.05, 4.69) is 15.0 Å². The SMILES string of the molecule is NC(CN1CCOCC1)c1noc(C2COCCO2)n1. The third-order valence-corrected chi connectivity index (χ3v) is 3.44. The molecule has 2 fully saturated rings. The Morgan fingerprint density at radius 1 is 1.20 bits per heavy atom. The van der Waals surface area contributed by atoms with E-state index in [1.807, 2.05) is 0 Å². The van der Waals surface area contributed by atoms with Crippen molar-refractivity contribution in [3.05, 3.63) is 11.7 Å². The molecule has 2 saturated heterocycles. The molecule has 8 heteroatoms. The van der Waals surface area contributed by atoms with Crippen molar-refractivity contribution in [1.29, 1.82) is 0 Å². The maximum Gasteiger partial charge on any atom is 0.258 e. The summed E-state index contributed by atoms with van der Waals surface area (Å²) in [5.74, 6) is 0.956.